The number of aromatic amines is 1. The smallest absolute Gasteiger partial charge is 0.169 e. The number of para-hydroxylation sites is 3. The van der Waals surface area contributed by atoms with Crippen molar-refractivity contribution >= 4 is 21.9 Å². The van der Waals surface area contributed by atoms with Gasteiger partial charge in [0, 0.05) is 92.2 Å². The van der Waals surface area contributed by atoms with E-state index >= 15 is 0 Å². The van der Waals surface area contributed by atoms with Crippen LogP contribution in [0.2, 0.25) is 0 Å². The van der Waals surface area contributed by atoms with Gasteiger partial charge in [-0.3, -0.25) is 19.9 Å². The third-order valence-electron chi connectivity index (χ3n) is 8.90. The lowest BCUT2D eigenvalue weighted by Crippen LogP contribution is -2.32. The van der Waals surface area contributed by atoms with Gasteiger partial charge in [0.05, 0.1) is 22.2 Å². The molecule has 0 aliphatic carbocycles. The van der Waals surface area contributed by atoms with Gasteiger partial charge in [-0.2, -0.15) is 0 Å². The molecular formula is C44H42N8+2. The molecule has 2 aromatic carbocycles. The maximum atomic E-state index is 4.94. The zero-order chi connectivity index (χ0) is 35.2. The number of nitrogens with one attached hydrogen (secondary N) is 2. The fraction of sp³-hybridized carbons (Fsp3) is 0.136. The second kappa shape index (κ2) is 17.4. The molecule has 8 heteroatoms. The topological polar surface area (TPSA) is 84.9 Å². The van der Waals surface area contributed by atoms with Gasteiger partial charge in [-0.1, -0.05) is 30.3 Å². The van der Waals surface area contributed by atoms with Gasteiger partial charge in [-0.05, 0) is 89.6 Å². The molecule has 0 spiro atoms. The van der Waals surface area contributed by atoms with Crippen LogP contribution in [0.4, 0.5) is 0 Å². The van der Waals surface area contributed by atoms with Crippen LogP contribution in [0, 0.1) is 0 Å². The molecular weight excluding hydrogens is 641 g/mol. The minimum atomic E-state index is 0.768. The molecule has 256 valence electrons. The van der Waals surface area contributed by atoms with Crippen LogP contribution in [0.1, 0.15) is 24.1 Å². The quantitative estimate of drug-likeness (QED) is 0.163. The largest absolute Gasteiger partial charge is 0.368 e. The van der Waals surface area contributed by atoms with Crippen LogP contribution in [-0.4, -0.2) is 31.4 Å². The third kappa shape index (κ3) is 9.37. The number of H-pyrrole nitrogens is 1. The molecule has 0 unspecified atom stereocenters. The van der Waals surface area contributed by atoms with Crippen LogP contribution in [0.3, 0.4) is 0 Å². The summed E-state index contributed by atoms with van der Waals surface area (Å²) in [5.41, 5.74) is 9.18. The van der Waals surface area contributed by atoms with Gasteiger partial charge < -0.3 is 10.2 Å². The highest BCUT2D eigenvalue weighted by Crippen LogP contribution is 2.18. The Hall–Kier alpha value is -6.54. The first kappa shape index (κ1) is 33.9. The van der Waals surface area contributed by atoms with Crippen LogP contribution >= 0.6 is 0 Å². The molecule has 0 bridgehead atoms. The fourth-order valence-electron chi connectivity index (χ4n) is 5.99. The molecule has 2 aliphatic rings. The molecule has 52 heavy (non-hydrogen) atoms. The summed E-state index contributed by atoms with van der Waals surface area (Å²) in [5.74, 6) is 0. The first-order valence-electron chi connectivity index (χ1n) is 17.7. The van der Waals surface area contributed by atoms with Crippen molar-refractivity contribution < 1.29 is 9.55 Å². The number of hydrogen-bond donors (Lipinski definition) is 1. The van der Waals surface area contributed by atoms with E-state index in [-0.39, 0.29) is 0 Å². The molecule has 5 heterocycles. The van der Waals surface area contributed by atoms with E-state index < -0.39 is 0 Å². The highest BCUT2D eigenvalue weighted by atomic mass is 15.1. The zero-order valence-corrected chi connectivity index (χ0v) is 29.1. The van der Waals surface area contributed by atoms with E-state index in [4.69, 9.17) is 19.9 Å². The Morgan fingerprint density at radius 1 is 0.596 bits per heavy atom. The summed E-state index contributed by atoms with van der Waals surface area (Å²) in [6.07, 6.45) is 35.9. The normalized spacial score (nSPS) is 13.2. The molecule has 0 fully saturated rings. The van der Waals surface area contributed by atoms with E-state index in [1.807, 2.05) is 92.0 Å². The van der Waals surface area contributed by atoms with Gasteiger partial charge in [-0.15, -0.1) is 0 Å². The number of hydrogen-bond acceptors (Lipinski definition) is 6. The van der Waals surface area contributed by atoms with Crippen molar-refractivity contribution in [3.8, 4) is 11.1 Å². The van der Waals surface area contributed by atoms with Gasteiger partial charge in [0.25, 0.3) is 0 Å². The van der Waals surface area contributed by atoms with Crippen molar-refractivity contribution in [1.82, 2.24) is 30.2 Å². The Labute approximate surface area is 304 Å². The molecule has 2 N–H and O–H groups in total. The molecule has 0 amide bonds. The predicted octanol–water partition coefficient (Wildman–Crippen LogP) is 7.43. The Balaban J connectivity index is 1.11. The number of aromatic nitrogens is 6. The zero-order valence-electron chi connectivity index (χ0n) is 29.1. The molecule has 0 saturated heterocycles. The van der Waals surface area contributed by atoms with E-state index in [0.29, 0.717) is 0 Å². The number of rotatable bonds is 9. The Bertz CT molecular complexity index is 2180. The Kier molecular flexibility index (Phi) is 11.4. The minimum absolute atomic E-state index is 0.768. The summed E-state index contributed by atoms with van der Waals surface area (Å²) in [5, 5.41) is 4.04. The van der Waals surface area contributed by atoms with Crippen LogP contribution in [0.25, 0.3) is 33.1 Å². The van der Waals surface area contributed by atoms with E-state index in [9.17, 15) is 0 Å². The van der Waals surface area contributed by atoms with Gasteiger partial charge >= 0.3 is 0 Å². The molecule has 2 aliphatic heterocycles. The summed E-state index contributed by atoms with van der Waals surface area (Å²) in [6, 6.07) is 24.6. The fourth-order valence-corrected chi connectivity index (χ4v) is 5.99. The molecule has 8 nitrogen and oxygen atoms in total. The molecule has 3 aromatic heterocycles. The molecule has 5 aromatic rings. The summed E-state index contributed by atoms with van der Waals surface area (Å²) >= 11 is 0. The molecule has 0 atom stereocenters. The monoisotopic (exact) mass is 682 g/mol. The molecule has 0 saturated carbocycles. The number of aryl methyl sites for hydroxylation is 3. The van der Waals surface area contributed by atoms with Crippen LogP contribution < -0.4 is 14.9 Å². The first-order valence-corrected chi connectivity index (χ1v) is 17.7. The number of fused-ring (bicyclic) bond motifs is 2. The average molecular weight is 683 g/mol. The lowest BCUT2D eigenvalue weighted by atomic mass is 10.1. The Morgan fingerprint density at radius 2 is 1.23 bits per heavy atom. The van der Waals surface area contributed by atoms with Crippen LogP contribution in [0.15, 0.2) is 183 Å². The van der Waals surface area contributed by atoms with Crippen molar-refractivity contribution in [2.24, 2.45) is 0 Å². The molecule has 7 rings (SSSR count). The second-order valence-electron chi connectivity index (χ2n) is 12.6. The third-order valence-corrected chi connectivity index (χ3v) is 8.90. The lowest BCUT2D eigenvalue weighted by Gasteiger charge is -2.19. The number of nitrogens with zero attached hydrogens (tertiary/aromatic N) is 6. The maximum absolute atomic E-state index is 4.94. The highest BCUT2D eigenvalue weighted by molar-refractivity contribution is 5.76. The van der Waals surface area contributed by atoms with Crippen molar-refractivity contribution in [3.05, 3.63) is 194 Å². The van der Waals surface area contributed by atoms with Crippen molar-refractivity contribution in [2.45, 2.75) is 32.2 Å². The van der Waals surface area contributed by atoms with Gasteiger partial charge in [0.2, 0.25) is 0 Å². The van der Waals surface area contributed by atoms with E-state index in [0.717, 1.165) is 72.0 Å². The van der Waals surface area contributed by atoms with Crippen LogP contribution in [0.5, 0.6) is 0 Å². The SMILES string of the molecule is C1=CC(=C2C=CN(CCCc3cnc4ccccc4ncc(CCC[n+]4ccc(-c5cc[nH+]cc5)cc4)cnc4ccccc4cn3)C=C2)C=CN1. The summed E-state index contributed by atoms with van der Waals surface area (Å²) in [7, 11) is 0. The predicted molar refractivity (Wildman–Crippen MR) is 207 cm³/mol. The van der Waals surface area contributed by atoms with Crippen molar-refractivity contribution in [2.75, 3.05) is 6.54 Å². The van der Waals surface area contributed by atoms with E-state index in [2.05, 4.69) is 99.2 Å². The highest BCUT2D eigenvalue weighted by Gasteiger charge is 2.07. The summed E-state index contributed by atoms with van der Waals surface area (Å²) < 4.78 is 2.22. The standard InChI is InChI=1S/C44H41N8/c1-2-10-42-40(8-1)33-47-41(9-6-26-52-29-19-39(20-30-52)37-15-23-46-24-16-37)34-50-44-12-4-3-11-43(44)49-32-35(31-48-42)7-5-25-51-27-17-38(18-28-51)36-13-21-45-22-14-36/h1-4,8,10-24,27-34,46H,5-7,9,25-26H2/q+1/p+1. The number of allylic oxidation sites excluding steroid dienone is 6. The maximum Gasteiger partial charge on any atom is 0.169 e. The average Bonchev–Trinajstić information content (AvgIpc) is 3.21. The number of dihydropyridines is 1. The number of pyridine rings is 2. The van der Waals surface area contributed by atoms with E-state index in [1.165, 1.54) is 22.3 Å². The minimum Gasteiger partial charge on any atom is -0.368 e. The van der Waals surface area contributed by atoms with Crippen LogP contribution in [-0.2, 0) is 19.4 Å². The van der Waals surface area contributed by atoms with Gasteiger partial charge in [0.15, 0.2) is 24.8 Å². The van der Waals surface area contributed by atoms with Crippen molar-refractivity contribution in [1.29, 1.82) is 0 Å². The Morgan fingerprint density at radius 3 is 1.98 bits per heavy atom. The van der Waals surface area contributed by atoms with Crippen molar-refractivity contribution in [3.63, 3.8) is 0 Å². The first-order chi connectivity index (χ1) is 25.8. The summed E-state index contributed by atoms with van der Waals surface area (Å²) in [4.78, 5) is 25.0. The molecule has 0 radical (unpaired) electrons. The van der Waals surface area contributed by atoms with Gasteiger partial charge in [-0.25, -0.2) is 9.55 Å². The summed E-state index contributed by atoms with van der Waals surface area (Å²) in [6.45, 7) is 1.75. The van der Waals surface area contributed by atoms with Gasteiger partial charge in [0.1, 0.15) is 6.54 Å². The lowest BCUT2D eigenvalue weighted by molar-refractivity contribution is -0.697. The second-order valence-corrected chi connectivity index (χ2v) is 12.6. The number of benzene rings is 2. The van der Waals surface area contributed by atoms with E-state index in [1.54, 1.807) is 0 Å².